The zero-order valence-corrected chi connectivity index (χ0v) is 43.1. The van der Waals surface area contributed by atoms with E-state index >= 15 is 0 Å². The molecule has 2 aliphatic carbocycles. The molecule has 302 valence electrons. The SMILES string of the molecule is COc1ccc(-c2cc(C(C)(C)C)cc(C(C)(C)C)c2)c2c1[CH]([Zr]([CH3])([CH3])(=[SiH2])[CH]1C(C)=Cc3c(-c4ccc(C(C)(C)C)cc4)cc(C(C)(C)C)cc31)C(C)=C2.Cl.Cl. The zero-order chi connectivity index (χ0) is 40.2. The smallest absolute Gasteiger partial charge is 0.147 e. The van der Waals surface area contributed by atoms with Gasteiger partial charge in [0, 0.05) is 0 Å². The summed E-state index contributed by atoms with van der Waals surface area (Å²) < 4.78 is 12.6. The van der Waals surface area contributed by atoms with Crippen LogP contribution in [0.4, 0.5) is 0 Å². The number of rotatable bonds is 5. The summed E-state index contributed by atoms with van der Waals surface area (Å²) in [5.74, 6) is 1.04. The number of allylic oxidation sites excluding steroid dienone is 2. The number of fused-ring (bicyclic) bond motifs is 2. The van der Waals surface area contributed by atoms with Crippen LogP contribution in [0.25, 0.3) is 34.4 Å². The van der Waals surface area contributed by atoms with E-state index in [4.69, 9.17) is 4.74 Å². The van der Waals surface area contributed by atoms with Gasteiger partial charge in [0.1, 0.15) is 0 Å². The summed E-state index contributed by atoms with van der Waals surface area (Å²) >= 11 is -3.91. The second-order valence-corrected chi connectivity index (χ2v) is 52.6. The summed E-state index contributed by atoms with van der Waals surface area (Å²) in [4.78, 5) is 0. The van der Waals surface area contributed by atoms with Crippen LogP contribution in [-0.2, 0) is 39.1 Å². The molecule has 5 heteroatoms. The van der Waals surface area contributed by atoms with Crippen molar-refractivity contribution in [1.82, 2.24) is 0 Å². The van der Waals surface area contributed by atoms with Gasteiger partial charge in [0.25, 0.3) is 0 Å². The van der Waals surface area contributed by atoms with Crippen molar-refractivity contribution in [3.63, 3.8) is 0 Å². The number of methoxy groups -OCH3 is 1. The fourth-order valence-electron chi connectivity index (χ4n) is 9.79. The maximum atomic E-state index is 6.34. The van der Waals surface area contributed by atoms with E-state index in [1.807, 2.05) is 7.11 Å². The molecule has 0 aromatic heterocycles. The molecule has 56 heavy (non-hydrogen) atoms. The molecule has 0 N–H and O–H groups in total. The maximum absolute atomic E-state index is 6.34. The van der Waals surface area contributed by atoms with E-state index in [1.54, 1.807) is 5.56 Å². The van der Waals surface area contributed by atoms with Crippen molar-refractivity contribution in [3.05, 3.63) is 122 Å². The standard InChI is InChI=1S/C25H31O.C24H29.2CH3.2ClH.H2Si.Zr/c1-16-11-21-20(9-10-23(26-8)22(21)12-16)17-13-18(24(2,3)4)15-19(14-17)25(5,6)7;1-16-12-18-14-20(24(5,6)7)15-22(21(18)13-16)17-8-10-19(11-9-17)23(2,3)4;;;;;;/h9-15H,1-8H3;8-15H,1-7H3;2*1H3;2*1H;1H2;. The van der Waals surface area contributed by atoms with Crippen LogP contribution in [0.5, 0.6) is 5.75 Å². The van der Waals surface area contributed by atoms with E-state index < -0.39 is 17.4 Å². The third-order valence-electron chi connectivity index (χ3n) is 12.7. The quantitative estimate of drug-likeness (QED) is 0.181. The Hall–Kier alpha value is -2.16. The molecule has 0 heterocycles. The number of halogens is 2. The molecule has 0 spiro atoms. The molecule has 0 saturated carbocycles. The molecule has 0 fully saturated rings. The molecule has 1 nitrogen and oxygen atoms in total. The molecule has 0 radical (unpaired) electrons. The zero-order valence-electron chi connectivity index (χ0n) is 37.6. The number of ether oxygens (including phenoxy) is 1. The second-order valence-electron chi connectivity index (χ2n) is 22.1. The normalized spacial score (nSPS) is 17.3. The van der Waals surface area contributed by atoms with E-state index in [-0.39, 0.29) is 46.5 Å². The van der Waals surface area contributed by atoms with Crippen LogP contribution in [0.15, 0.2) is 77.9 Å². The number of hydrogen-bond donors (Lipinski definition) is 0. The van der Waals surface area contributed by atoms with Crippen LogP contribution in [-0.4, -0.2) is 14.0 Å². The fourth-order valence-corrected chi connectivity index (χ4v) is 30.8. The summed E-state index contributed by atoms with van der Waals surface area (Å²) in [6.07, 6.45) is 5.09. The molecule has 0 amide bonds. The Kier molecular flexibility index (Phi) is 12.6. The van der Waals surface area contributed by atoms with Crippen molar-refractivity contribution < 1.29 is 22.1 Å². The fraction of sp³-hybridized carbons (Fsp3) is 0.451. The predicted molar refractivity (Wildman–Crippen MR) is 253 cm³/mol. The van der Waals surface area contributed by atoms with E-state index in [9.17, 15) is 0 Å². The van der Waals surface area contributed by atoms with Crippen LogP contribution in [0.3, 0.4) is 0 Å². The van der Waals surface area contributed by atoms with E-state index in [0.717, 1.165) is 5.75 Å². The predicted octanol–water partition coefficient (Wildman–Crippen LogP) is 15.0. The molecule has 2 aliphatic rings. The van der Waals surface area contributed by atoms with Crippen molar-refractivity contribution in [2.24, 2.45) is 0 Å². The molecular formula is C51H70Cl2OSiZr. The first-order valence-electron chi connectivity index (χ1n) is 20.2. The maximum Gasteiger partial charge on any atom is -0.147 e. The van der Waals surface area contributed by atoms with Crippen LogP contribution in [0.1, 0.15) is 149 Å². The average Bonchev–Trinajstić information content (AvgIpc) is 3.59. The topological polar surface area (TPSA) is 9.23 Å². The van der Waals surface area contributed by atoms with Gasteiger partial charge >= 0.3 is 334 Å². The van der Waals surface area contributed by atoms with Gasteiger partial charge in [-0.25, -0.2) is 0 Å². The van der Waals surface area contributed by atoms with Crippen LogP contribution >= 0.6 is 24.8 Å². The third-order valence-corrected chi connectivity index (χ3v) is 30.6. The molecule has 2 unspecified atom stereocenters. The monoisotopic (exact) mass is 886 g/mol. The van der Waals surface area contributed by atoms with Gasteiger partial charge in [0.15, 0.2) is 0 Å². The van der Waals surface area contributed by atoms with Gasteiger partial charge in [0.2, 0.25) is 0 Å². The van der Waals surface area contributed by atoms with Crippen LogP contribution in [0, 0.1) is 0 Å². The molecule has 2 atom stereocenters. The van der Waals surface area contributed by atoms with Gasteiger partial charge < -0.3 is 0 Å². The minimum atomic E-state index is -3.91. The molecule has 4 aromatic rings. The number of benzene rings is 4. The summed E-state index contributed by atoms with van der Waals surface area (Å²) in [6, 6.07) is 26.4. The Bertz CT molecular complexity index is 2260. The van der Waals surface area contributed by atoms with Crippen molar-refractivity contribution >= 4 is 43.8 Å². The first-order valence-corrected chi connectivity index (χ1v) is 33.9. The summed E-state index contributed by atoms with van der Waals surface area (Å²) in [6.45, 7) is 35.3. The Morgan fingerprint density at radius 2 is 0.982 bits per heavy atom. The van der Waals surface area contributed by atoms with Gasteiger partial charge in [-0.05, 0) is 0 Å². The van der Waals surface area contributed by atoms with Crippen molar-refractivity contribution in [2.75, 3.05) is 7.11 Å². The third kappa shape index (κ3) is 8.33. The Labute approximate surface area is 355 Å². The Morgan fingerprint density at radius 3 is 1.46 bits per heavy atom. The van der Waals surface area contributed by atoms with Gasteiger partial charge in [-0.1, -0.05) is 0 Å². The Morgan fingerprint density at radius 1 is 0.518 bits per heavy atom. The largest absolute Gasteiger partial charge is 0.147 e. The van der Waals surface area contributed by atoms with Crippen LogP contribution < -0.4 is 4.74 Å². The summed E-state index contributed by atoms with van der Waals surface area (Å²) in [5.41, 5.74) is 19.9. The Balaban J connectivity index is 0.00000348. The number of hydrogen-bond acceptors (Lipinski definition) is 1. The first-order chi connectivity index (χ1) is 24.6. The van der Waals surface area contributed by atoms with E-state index in [1.165, 1.54) is 72.3 Å². The van der Waals surface area contributed by atoms with E-state index in [0.29, 0.717) is 7.25 Å². The molecule has 0 bridgehead atoms. The van der Waals surface area contributed by atoms with Gasteiger partial charge in [0.05, 0.1) is 0 Å². The van der Waals surface area contributed by atoms with Crippen molar-refractivity contribution in [1.29, 1.82) is 0 Å². The van der Waals surface area contributed by atoms with Gasteiger partial charge in [-0.15, -0.1) is 24.8 Å². The molecule has 0 saturated heterocycles. The van der Waals surface area contributed by atoms with Gasteiger partial charge in [-0.3, -0.25) is 0 Å². The summed E-state index contributed by atoms with van der Waals surface area (Å²) in [5, 5.41) is 0. The first kappa shape index (κ1) is 46.5. The average molecular weight is 889 g/mol. The van der Waals surface area contributed by atoms with Crippen molar-refractivity contribution in [2.45, 2.75) is 135 Å². The molecular weight excluding hydrogens is 819 g/mol. The van der Waals surface area contributed by atoms with E-state index in [2.05, 4.69) is 192 Å². The molecule has 6 rings (SSSR count). The van der Waals surface area contributed by atoms with Gasteiger partial charge in [-0.2, -0.15) is 0 Å². The second kappa shape index (κ2) is 15.1. The minimum absolute atomic E-state index is 0. The minimum Gasteiger partial charge on any atom is -0.147 e. The van der Waals surface area contributed by atoms with Crippen molar-refractivity contribution in [3.8, 4) is 28.0 Å². The molecule has 0 aliphatic heterocycles. The van der Waals surface area contributed by atoms with Crippen LogP contribution in [0.2, 0.25) is 9.26 Å². The molecule has 4 aromatic carbocycles. The summed E-state index contributed by atoms with van der Waals surface area (Å²) in [7, 11) is 1.87.